The summed E-state index contributed by atoms with van der Waals surface area (Å²) in [4.78, 5) is 11.7. The van der Waals surface area contributed by atoms with E-state index in [1.807, 2.05) is 19.1 Å². The van der Waals surface area contributed by atoms with Crippen molar-refractivity contribution in [1.82, 2.24) is 0 Å². The average molecular weight is 191 g/mol. The summed E-state index contributed by atoms with van der Waals surface area (Å²) in [5, 5.41) is 0. The Bertz CT molecular complexity index is 331. The van der Waals surface area contributed by atoms with E-state index in [2.05, 4.69) is 6.92 Å². The van der Waals surface area contributed by atoms with E-state index >= 15 is 0 Å². The van der Waals surface area contributed by atoms with Crippen LogP contribution >= 0.6 is 0 Å². The molecule has 14 heavy (non-hydrogen) atoms. The van der Waals surface area contributed by atoms with E-state index in [1.54, 1.807) is 6.07 Å². The lowest BCUT2D eigenvalue weighted by molar-refractivity contribution is 0.0980. The van der Waals surface area contributed by atoms with Crippen LogP contribution < -0.4 is 5.73 Å². The Labute approximate surface area is 85.1 Å². The Morgan fingerprint density at radius 2 is 2.14 bits per heavy atom. The second-order valence-electron chi connectivity index (χ2n) is 3.56. The number of benzene rings is 1. The maximum Gasteiger partial charge on any atom is 0.164 e. The Kier molecular flexibility index (Phi) is 3.69. The molecule has 0 radical (unpaired) electrons. The van der Waals surface area contributed by atoms with Crippen LogP contribution in [0.3, 0.4) is 0 Å². The van der Waals surface area contributed by atoms with Gasteiger partial charge >= 0.3 is 0 Å². The van der Waals surface area contributed by atoms with Gasteiger partial charge in [-0.15, -0.1) is 0 Å². The van der Waals surface area contributed by atoms with Gasteiger partial charge in [0.1, 0.15) is 0 Å². The highest BCUT2D eigenvalue weighted by Gasteiger charge is 2.09. The number of rotatable bonds is 4. The smallest absolute Gasteiger partial charge is 0.164 e. The van der Waals surface area contributed by atoms with Gasteiger partial charge in [0.05, 0.1) is 0 Å². The number of ketones is 1. The molecular weight excluding hydrogens is 174 g/mol. The van der Waals surface area contributed by atoms with Crippen molar-refractivity contribution >= 4 is 11.5 Å². The summed E-state index contributed by atoms with van der Waals surface area (Å²) in [5.74, 6) is 0.160. The van der Waals surface area contributed by atoms with Crippen molar-refractivity contribution in [2.24, 2.45) is 0 Å². The van der Waals surface area contributed by atoms with Crippen molar-refractivity contribution in [1.29, 1.82) is 0 Å². The van der Waals surface area contributed by atoms with Gasteiger partial charge in [0.15, 0.2) is 5.78 Å². The van der Waals surface area contributed by atoms with Gasteiger partial charge in [0.25, 0.3) is 0 Å². The number of hydrogen-bond donors (Lipinski definition) is 1. The van der Waals surface area contributed by atoms with Crippen molar-refractivity contribution in [2.75, 3.05) is 5.73 Å². The van der Waals surface area contributed by atoms with Crippen LogP contribution in [0.15, 0.2) is 18.2 Å². The monoisotopic (exact) mass is 191 g/mol. The number of carbonyl (C=O) groups is 1. The molecule has 0 unspecified atom stereocenters. The largest absolute Gasteiger partial charge is 0.398 e. The minimum atomic E-state index is 0.160. The van der Waals surface area contributed by atoms with Crippen LogP contribution in [0.1, 0.15) is 42.1 Å². The molecule has 76 valence electrons. The molecule has 1 rings (SSSR count). The molecule has 0 atom stereocenters. The maximum absolute atomic E-state index is 11.7. The highest BCUT2D eigenvalue weighted by molar-refractivity contribution is 6.01. The minimum absolute atomic E-state index is 0.160. The number of unbranched alkanes of at least 4 members (excludes halogenated alkanes) is 1. The van der Waals surface area contributed by atoms with E-state index < -0.39 is 0 Å². The summed E-state index contributed by atoms with van der Waals surface area (Å²) in [6, 6.07) is 5.61. The highest BCUT2D eigenvalue weighted by Crippen LogP contribution is 2.18. The number of aryl methyl sites for hydroxylation is 1. The highest BCUT2D eigenvalue weighted by atomic mass is 16.1. The molecule has 2 nitrogen and oxygen atoms in total. The second kappa shape index (κ2) is 4.80. The van der Waals surface area contributed by atoms with E-state index in [9.17, 15) is 4.79 Å². The fourth-order valence-electron chi connectivity index (χ4n) is 1.40. The summed E-state index contributed by atoms with van der Waals surface area (Å²) >= 11 is 0. The van der Waals surface area contributed by atoms with Gasteiger partial charge in [-0.25, -0.2) is 0 Å². The Morgan fingerprint density at radius 1 is 1.43 bits per heavy atom. The summed E-state index contributed by atoms with van der Waals surface area (Å²) in [7, 11) is 0. The minimum Gasteiger partial charge on any atom is -0.398 e. The van der Waals surface area contributed by atoms with Gasteiger partial charge in [0.2, 0.25) is 0 Å². The molecule has 0 saturated heterocycles. The third-order valence-electron chi connectivity index (χ3n) is 2.38. The maximum atomic E-state index is 11.7. The molecule has 2 heteroatoms. The van der Waals surface area contributed by atoms with Gasteiger partial charge in [-0.1, -0.05) is 25.5 Å². The predicted molar refractivity (Wildman–Crippen MR) is 59.4 cm³/mol. The summed E-state index contributed by atoms with van der Waals surface area (Å²) in [6.45, 7) is 4.00. The predicted octanol–water partition coefficient (Wildman–Crippen LogP) is 2.95. The lowest BCUT2D eigenvalue weighted by atomic mass is 10.0. The van der Waals surface area contributed by atoms with Crippen molar-refractivity contribution in [2.45, 2.75) is 33.1 Å². The zero-order valence-corrected chi connectivity index (χ0v) is 8.84. The topological polar surface area (TPSA) is 43.1 Å². The first-order valence-electron chi connectivity index (χ1n) is 5.05. The normalized spacial score (nSPS) is 10.1. The van der Waals surface area contributed by atoms with Crippen LogP contribution in [0.5, 0.6) is 0 Å². The molecule has 0 aliphatic heterocycles. The van der Waals surface area contributed by atoms with Crippen molar-refractivity contribution in [3.8, 4) is 0 Å². The number of nitrogens with two attached hydrogens (primary N) is 1. The molecule has 0 aromatic heterocycles. The number of hydrogen-bond acceptors (Lipinski definition) is 2. The molecule has 0 saturated carbocycles. The Hall–Kier alpha value is -1.31. The van der Waals surface area contributed by atoms with Crippen LogP contribution in [0.2, 0.25) is 0 Å². The summed E-state index contributed by atoms with van der Waals surface area (Å²) in [5.41, 5.74) is 8.13. The molecule has 1 aromatic rings. The van der Waals surface area contributed by atoms with Crippen LogP contribution in [0.4, 0.5) is 5.69 Å². The lowest BCUT2D eigenvalue weighted by Crippen LogP contribution is -2.04. The number of carbonyl (C=O) groups excluding carboxylic acids is 1. The SMILES string of the molecule is CCCCC(=O)c1cccc(C)c1N. The molecule has 0 aliphatic rings. The first-order valence-corrected chi connectivity index (χ1v) is 5.05. The molecule has 0 amide bonds. The number of anilines is 1. The fourth-order valence-corrected chi connectivity index (χ4v) is 1.40. The quantitative estimate of drug-likeness (QED) is 0.587. The van der Waals surface area contributed by atoms with Crippen molar-refractivity contribution in [3.63, 3.8) is 0 Å². The van der Waals surface area contributed by atoms with Crippen molar-refractivity contribution < 1.29 is 4.79 Å². The Morgan fingerprint density at radius 3 is 2.79 bits per heavy atom. The molecule has 0 heterocycles. The molecule has 0 fully saturated rings. The Balaban J connectivity index is 2.84. The van der Waals surface area contributed by atoms with E-state index in [-0.39, 0.29) is 5.78 Å². The van der Waals surface area contributed by atoms with Gasteiger partial charge in [0, 0.05) is 17.7 Å². The molecule has 2 N–H and O–H groups in total. The number of para-hydroxylation sites is 1. The lowest BCUT2D eigenvalue weighted by Gasteiger charge is -2.06. The van der Waals surface area contributed by atoms with Crippen molar-refractivity contribution in [3.05, 3.63) is 29.3 Å². The van der Waals surface area contributed by atoms with Crippen LogP contribution in [-0.2, 0) is 0 Å². The third-order valence-corrected chi connectivity index (χ3v) is 2.38. The van der Waals surface area contributed by atoms with E-state index in [1.165, 1.54) is 0 Å². The zero-order chi connectivity index (χ0) is 10.6. The van der Waals surface area contributed by atoms with Crippen LogP contribution in [-0.4, -0.2) is 5.78 Å². The zero-order valence-electron chi connectivity index (χ0n) is 8.84. The van der Waals surface area contributed by atoms with Crippen LogP contribution in [0, 0.1) is 6.92 Å². The van der Waals surface area contributed by atoms with E-state index in [0.29, 0.717) is 17.7 Å². The van der Waals surface area contributed by atoms with Gasteiger partial charge in [-0.3, -0.25) is 4.79 Å². The average Bonchev–Trinajstić information content (AvgIpc) is 2.18. The molecule has 0 aliphatic carbocycles. The first kappa shape index (κ1) is 10.8. The van der Waals surface area contributed by atoms with Gasteiger partial charge in [-0.2, -0.15) is 0 Å². The van der Waals surface area contributed by atoms with Gasteiger partial charge < -0.3 is 5.73 Å². The molecule has 1 aromatic carbocycles. The standard InChI is InChI=1S/C12H17NO/c1-3-4-8-11(14)10-7-5-6-9(2)12(10)13/h5-7H,3-4,8,13H2,1-2H3. The van der Waals surface area contributed by atoms with E-state index in [4.69, 9.17) is 5.73 Å². The number of Topliss-reactive ketones (excluding diaryl/α,β-unsaturated/α-hetero) is 1. The van der Waals surface area contributed by atoms with Crippen LogP contribution in [0.25, 0.3) is 0 Å². The summed E-state index contributed by atoms with van der Waals surface area (Å²) in [6.07, 6.45) is 2.58. The third kappa shape index (κ3) is 2.34. The molecule has 0 bridgehead atoms. The first-order chi connectivity index (χ1) is 6.66. The second-order valence-corrected chi connectivity index (χ2v) is 3.56. The summed E-state index contributed by atoms with van der Waals surface area (Å²) < 4.78 is 0. The molecular formula is C12H17NO. The van der Waals surface area contributed by atoms with E-state index in [0.717, 1.165) is 18.4 Å². The number of nitrogen functional groups attached to an aromatic ring is 1. The van der Waals surface area contributed by atoms with Gasteiger partial charge in [-0.05, 0) is 25.0 Å². The fraction of sp³-hybridized carbons (Fsp3) is 0.417. The molecule has 0 spiro atoms.